The van der Waals surface area contributed by atoms with E-state index in [1.165, 1.54) is 32.1 Å². The number of amides is 3. The predicted molar refractivity (Wildman–Crippen MR) is 336 cm³/mol. The first-order valence-electron chi connectivity index (χ1n) is 30.4. The molecule has 0 bridgehead atoms. The fourth-order valence-corrected chi connectivity index (χ4v) is 9.36. The van der Waals surface area contributed by atoms with Gasteiger partial charge in [0.15, 0.2) is 0 Å². The molecule has 4 aliphatic rings. The zero-order valence-corrected chi connectivity index (χ0v) is 57.7. The van der Waals surface area contributed by atoms with E-state index in [0.29, 0.717) is 50.5 Å². The third-order valence-corrected chi connectivity index (χ3v) is 14.4. The van der Waals surface area contributed by atoms with Crippen molar-refractivity contribution < 1.29 is 92.0 Å². The maximum absolute atomic E-state index is 11.7. The number of terminal acetylenes is 1. The Morgan fingerprint density at radius 2 is 0.895 bits per heavy atom. The molecular formula is C61H113N5O18P2. The summed E-state index contributed by atoms with van der Waals surface area (Å²) in [5.74, 6) is 4.45. The minimum atomic E-state index is -3.70. The van der Waals surface area contributed by atoms with Crippen LogP contribution in [0.25, 0.3) is 5.53 Å². The molecule has 4 rings (SSSR count). The van der Waals surface area contributed by atoms with Crippen LogP contribution in [0.3, 0.4) is 0 Å². The number of hydrogen-bond acceptors (Lipinski definition) is 18. The van der Waals surface area contributed by atoms with E-state index >= 15 is 0 Å². The number of carbonyl (C=O) groups excluding carboxylic acids is 7. The van der Waals surface area contributed by atoms with Crippen LogP contribution >= 0.6 is 16.8 Å². The molecular weight excluding hydrogens is 1150 g/mol. The summed E-state index contributed by atoms with van der Waals surface area (Å²) in [7, 11) is 0.740. The van der Waals surface area contributed by atoms with Gasteiger partial charge in [0, 0.05) is 87.8 Å². The Hall–Kier alpha value is -4.67. The molecule has 2 N–H and O–H groups in total. The molecule has 1 aliphatic carbocycles. The molecule has 1 saturated carbocycles. The smallest absolute Gasteiger partial charge is 0.444 e. The summed E-state index contributed by atoms with van der Waals surface area (Å²) in [5.41, 5.74) is 5.07. The Balaban J connectivity index is -0.000000971. The van der Waals surface area contributed by atoms with Crippen LogP contribution in [-0.4, -0.2) is 179 Å². The van der Waals surface area contributed by atoms with E-state index in [2.05, 4.69) is 33.7 Å². The molecule has 3 amide bonds. The van der Waals surface area contributed by atoms with Gasteiger partial charge in [-0.1, -0.05) is 38.7 Å². The fraction of sp³-hybridized carbons (Fsp3) is 0.836. The molecule has 4 fully saturated rings. The van der Waals surface area contributed by atoms with Crippen molar-refractivity contribution >= 4 is 64.9 Å². The number of carbonyl (C=O) groups is 7. The fourth-order valence-electron chi connectivity index (χ4n) is 8.37. The molecule has 0 radical (unpaired) electrons. The maximum Gasteiger partial charge on any atom is 0.519 e. The van der Waals surface area contributed by atoms with Gasteiger partial charge in [-0.15, -0.1) is 21.6 Å². The van der Waals surface area contributed by atoms with E-state index in [4.69, 9.17) is 47.2 Å². The second-order valence-corrected chi connectivity index (χ2v) is 28.1. The van der Waals surface area contributed by atoms with E-state index in [1.807, 2.05) is 62.3 Å². The number of piperidine rings is 3. The average molecular weight is 1270 g/mol. The number of aldehydes is 1. The van der Waals surface area contributed by atoms with Crippen molar-refractivity contribution in [3.8, 4) is 12.3 Å². The first-order valence-corrected chi connectivity index (χ1v) is 32.1. The number of ketones is 1. The number of ether oxygens (including phenoxy) is 6. The Morgan fingerprint density at radius 1 is 0.593 bits per heavy atom. The lowest BCUT2D eigenvalue weighted by Gasteiger charge is -2.33. The third kappa shape index (κ3) is 44.7. The molecule has 25 heteroatoms. The zero-order valence-electron chi connectivity index (χ0n) is 56.6. The summed E-state index contributed by atoms with van der Waals surface area (Å²) in [6.07, 6.45) is 19.5. The number of nitrogens with zero attached hydrogens (tertiary/aromatic N) is 5. The van der Waals surface area contributed by atoms with Crippen LogP contribution in [0.15, 0.2) is 0 Å². The highest BCUT2D eigenvalue weighted by Gasteiger charge is 2.42. The van der Waals surface area contributed by atoms with Crippen molar-refractivity contribution in [3.05, 3.63) is 5.53 Å². The first-order chi connectivity index (χ1) is 40.1. The van der Waals surface area contributed by atoms with Gasteiger partial charge in [0.2, 0.25) is 5.78 Å². The normalized spacial score (nSPS) is 16.3. The van der Waals surface area contributed by atoms with Gasteiger partial charge >= 0.3 is 43.6 Å². The summed E-state index contributed by atoms with van der Waals surface area (Å²) in [4.78, 5) is 86.1. The number of rotatable bonds is 11. The molecule has 1 unspecified atom stereocenters. The quantitative estimate of drug-likeness (QED) is 0.0223. The second-order valence-electron chi connectivity index (χ2n) is 25.9. The van der Waals surface area contributed by atoms with Gasteiger partial charge in [-0.3, -0.25) is 4.79 Å². The van der Waals surface area contributed by atoms with Crippen molar-refractivity contribution in [2.75, 3.05) is 73.3 Å². The molecule has 500 valence electrons. The van der Waals surface area contributed by atoms with E-state index in [1.54, 1.807) is 56.2 Å². The SMILES string of the molecule is C#CCC1CCN(C(=O)OC(C)(C)C)CC1.CC(C)(C)OC(=O)N1CCC(CC=O)CC1.CC(C)(C)OC(=O)N1CCC(CCO)CC1.CC(C)(C)OC(=O)OC(=O)OC(C)(C)C.COP(=O)(OC)C(=[N+]=[N-])C(C)=O.OCCC1CCCCC1.[2H]CP. The summed E-state index contributed by atoms with van der Waals surface area (Å²) in [6.45, 7) is 33.5. The number of aliphatic hydroxyl groups is 2. The first kappa shape index (κ1) is 83.4. The lowest BCUT2D eigenvalue weighted by atomic mass is 9.87. The Kier molecular flexibility index (Phi) is 42.6. The molecule has 0 aromatic rings. The largest absolute Gasteiger partial charge is 0.519 e. The molecule has 0 aromatic heterocycles. The number of hydrogen-bond donors (Lipinski definition) is 2. The van der Waals surface area contributed by atoms with Crippen molar-refractivity contribution in [1.82, 2.24) is 14.7 Å². The van der Waals surface area contributed by atoms with Gasteiger partial charge in [0.05, 0.1) is 0 Å². The Labute approximate surface area is 519 Å². The van der Waals surface area contributed by atoms with Crippen molar-refractivity contribution in [3.63, 3.8) is 0 Å². The van der Waals surface area contributed by atoms with Crippen molar-refractivity contribution in [2.24, 2.45) is 23.7 Å². The highest BCUT2D eigenvalue weighted by molar-refractivity contribution is 7.74. The summed E-state index contributed by atoms with van der Waals surface area (Å²) >= 11 is 0. The summed E-state index contributed by atoms with van der Waals surface area (Å²) < 4.78 is 56.1. The van der Waals surface area contributed by atoms with Crippen LogP contribution in [0.2, 0.25) is 0 Å². The minimum Gasteiger partial charge on any atom is -0.444 e. The van der Waals surface area contributed by atoms with E-state index < -0.39 is 59.1 Å². The molecule has 86 heavy (non-hydrogen) atoms. The van der Waals surface area contributed by atoms with Gasteiger partial charge < -0.3 is 72.7 Å². The topological polar surface area (TPSA) is 297 Å². The highest BCUT2D eigenvalue weighted by Crippen LogP contribution is 2.47. The summed E-state index contributed by atoms with van der Waals surface area (Å²) in [5, 5.41) is 17.5. The monoisotopic (exact) mass is 1270 g/mol. The lowest BCUT2D eigenvalue weighted by Crippen LogP contribution is -2.41. The number of aliphatic hydroxyl groups excluding tert-OH is 2. The molecule has 3 saturated heterocycles. The van der Waals surface area contributed by atoms with Crippen LogP contribution in [0, 0.1) is 36.0 Å². The number of Topliss-reactive ketones (excluding diaryl/α,β-unsaturated/α-hetero) is 1. The van der Waals surface area contributed by atoms with Gasteiger partial charge in [-0.05, 0) is 179 Å². The summed E-state index contributed by atoms with van der Waals surface area (Å²) in [6, 6.07) is 0. The standard InChI is InChI=1S/C13H21NO2.C12H23NO3.C12H21NO3.C10H18O5.C8H16O.C5H9N2O4P.CH5P/c1-5-6-11-7-9-14(10-8-11)12(15)16-13(2,3)4;2*1-12(2,3)16-11(15)13-7-4-10(5-8-13)6-9-14;1-9(2,3)14-7(11)13-8(12)15-10(4,5)6;9-7-6-8-4-2-1-3-5-8;1-4(8)5(7-6)12(9,10-2)11-3;1-2/h1,11H,6-10H2,2-4H3;10,14H,4-9H2,1-3H3;9-10H,4-8H2,1-3H3;1-6H3;8-9H,1-7H2;1-3H3;2H2,1H3/i;;;;;;1D. The van der Waals surface area contributed by atoms with Gasteiger partial charge in [0.1, 0.15) is 34.3 Å². The molecule has 3 aliphatic heterocycles. The van der Waals surface area contributed by atoms with Crippen LogP contribution in [-0.2, 0) is 51.6 Å². The van der Waals surface area contributed by atoms with Crippen molar-refractivity contribution in [2.45, 2.75) is 235 Å². The third-order valence-electron chi connectivity index (χ3n) is 12.5. The highest BCUT2D eigenvalue weighted by atomic mass is 31.2. The molecule has 3 heterocycles. The van der Waals surface area contributed by atoms with Crippen LogP contribution < -0.4 is 0 Å². The molecule has 23 nitrogen and oxygen atoms in total. The Bertz CT molecular complexity index is 2090. The van der Waals surface area contributed by atoms with E-state index in [-0.39, 0.29) is 24.9 Å². The number of likely N-dealkylation sites (tertiary alicyclic amines) is 3. The van der Waals surface area contributed by atoms with Crippen molar-refractivity contribution in [1.29, 1.82) is 0 Å². The van der Waals surface area contributed by atoms with Gasteiger partial charge in [-0.2, -0.15) is 4.79 Å². The average Bonchev–Trinajstić information content (AvgIpc) is 3.58. The Morgan fingerprint density at radius 3 is 1.14 bits per heavy atom. The van der Waals surface area contributed by atoms with E-state index in [0.717, 1.165) is 117 Å². The lowest BCUT2D eigenvalue weighted by molar-refractivity contribution is -0.115. The zero-order chi connectivity index (χ0) is 67.8. The van der Waals surface area contributed by atoms with Crippen LogP contribution in [0.1, 0.15) is 208 Å². The van der Waals surface area contributed by atoms with E-state index in [9.17, 15) is 38.1 Å². The molecule has 1 atom stereocenters. The molecule has 0 spiro atoms. The maximum atomic E-state index is 11.7. The van der Waals surface area contributed by atoms with Crippen LogP contribution in [0.4, 0.5) is 24.0 Å². The van der Waals surface area contributed by atoms with Gasteiger partial charge in [-0.25, -0.2) is 28.5 Å². The second kappa shape index (κ2) is 43.9. The van der Waals surface area contributed by atoms with Gasteiger partial charge in [0.25, 0.3) is 0 Å². The minimum absolute atomic E-state index is 0.202. The van der Waals surface area contributed by atoms with Crippen LogP contribution in [0.5, 0.6) is 0 Å². The molecule has 0 aromatic carbocycles. The predicted octanol–water partition coefficient (Wildman–Crippen LogP) is 12.9.